The molecule has 2 atom stereocenters. The molecule has 1 N–H and O–H groups in total. The highest BCUT2D eigenvalue weighted by Crippen LogP contribution is 2.47. The molecule has 0 aromatic heterocycles. The number of hydrogen-bond acceptors (Lipinski definition) is 5. The molecule has 1 aliphatic heterocycles. The molecule has 0 saturated heterocycles. The van der Waals surface area contributed by atoms with E-state index in [1.165, 1.54) is 24.3 Å². The smallest absolute Gasteiger partial charge is 0.269 e. The third-order valence-electron chi connectivity index (χ3n) is 6.80. The van der Waals surface area contributed by atoms with Gasteiger partial charge in [-0.05, 0) is 47.7 Å². The number of nitrogens with zero attached hydrogens (tertiary/aromatic N) is 2. The molecule has 1 amide bonds. The standard InChI is InChI=1S/C28H24FN3O4/c1-2-26(34)31-24-9-4-3-8-22(24)30-23-15-19(17-10-12-20(29)13-11-17)16-25(33)27(23)28(31)18-6-5-7-21(14-18)32(35)36/h3-14,19,28,30H,2,15-16H2,1H3/t19-,28-/m1/s1. The van der Waals surface area contributed by atoms with Gasteiger partial charge >= 0.3 is 0 Å². The second-order valence-corrected chi connectivity index (χ2v) is 8.99. The third-order valence-corrected chi connectivity index (χ3v) is 6.80. The molecule has 3 aromatic rings. The first-order valence-electron chi connectivity index (χ1n) is 11.8. The van der Waals surface area contributed by atoms with Crippen molar-refractivity contribution in [1.82, 2.24) is 0 Å². The molecule has 1 heterocycles. The lowest BCUT2D eigenvalue weighted by atomic mass is 9.78. The van der Waals surface area contributed by atoms with E-state index >= 15 is 0 Å². The normalized spacial score (nSPS) is 19.2. The fourth-order valence-corrected chi connectivity index (χ4v) is 5.13. The molecule has 0 fully saturated rings. The summed E-state index contributed by atoms with van der Waals surface area (Å²) >= 11 is 0. The molecule has 0 bridgehead atoms. The van der Waals surface area contributed by atoms with Crippen LogP contribution in [-0.2, 0) is 9.59 Å². The van der Waals surface area contributed by atoms with E-state index in [0.717, 1.165) is 5.56 Å². The molecular weight excluding hydrogens is 461 g/mol. The summed E-state index contributed by atoms with van der Waals surface area (Å²) in [5, 5.41) is 15.0. The topological polar surface area (TPSA) is 92.6 Å². The van der Waals surface area contributed by atoms with E-state index in [1.807, 2.05) is 18.2 Å². The summed E-state index contributed by atoms with van der Waals surface area (Å²) in [5.41, 5.74) is 3.59. The lowest BCUT2D eigenvalue weighted by Crippen LogP contribution is -2.38. The molecule has 36 heavy (non-hydrogen) atoms. The number of allylic oxidation sites excluding steroid dienone is 1. The maximum atomic E-state index is 13.8. The van der Waals surface area contributed by atoms with Crippen LogP contribution in [-0.4, -0.2) is 16.6 Å². The van der Waals surface area contributed by atoms with Crippen molar-refractivity contribution in [3.63, 3.8) is 0 Å². The van der Waals surface area contributed by atoms with Crippen molar-refractivity contribution in [2.75, 3.05) is 10.2 Å². The number of carbonyl (C=O) groups excluding carboxylic acids is 2. The number of benzene rings is 3. The summed E-state index contributed by atoms with van der Waals surface area (Å²) in [5.74, 6) is -0.878. The van der Waals surface area contributed by atoms with Crippen molar-refractivity contribution in [2.24, 2.45) is 0 Å². The average Bonchev–Trinajstić information content (AvgIpc) is 3.03. The van der Waals surface area contributed by atoms with Gasteiger partial charge in [-0.3, -0.25) is 24.6 Å². The van der Waals surface area contributed by atoms with Crippen LogP contribution in [0.2, 0.25) is 0 Å². The zero-order valence-corrected chi connectivity index (χ0v) is 19.6. The number of fused-ring (bicyclic) bond motifs is 1. The molecule has 1 aliphatic carbocycles. The summed E-state index contributed by atoms with van der Waals surface area (Å²) in [4.78, 5) is 39.8. The van der Waals surface area contributed by atoms with Gasteiger partial charge in [0.25, 0.3) is 5.69 Å². The third kappa shape index (κ3) is 4.15. The van der Waals surface area contributed by atoms with Gasteiger partial charge in [-0.2, -0.15) is 0 Å². The number of halogens is 1. The van der Waals surface area contributed by atoms with Crippen LogP contribution in [0.15, 0.2) is 84.1 Å². The average molecular weight is 486 g/mol. The van der Waals surface area contributed by atoms with Crippen molar-refractivity contribution in [3.8, 4) is 0 Å². The van der Waals surface area contributed by atoms with E-state index in [0.29, 0.717) is 34.6 Å². The summed E-state index contributed by atoms with van der Waals surface area (Å²) in [6.45, 7) is 1.75. The second-order valence-electron chi connectivity index (χ2n) is 8.99. The van der Waals surface area contributed by atoms with Crippen molar-refractivity contribution in [2.45, 2.75) is 38.1 Å². The Hall–Kier alpha value is -4.33. The fraction of sp³-hybridized carbons (Fsp3) is 0.214. The minimum absolute atomic E-state index is 0.114. The minimum atomic E-state index is -0.829. The van der Waals surface area contributed by atoms with Gasteiger partial charge in [0.2, 0.25) is 5.91 Å². The lowest BCUT2D eigenvalue weighted by molar-refractivity contribution is -0.384. The van der Waals surface area contributed by atoms with Gasteiger partial charge < -0.3 is 5.32 Å². The molecule has 5 rings (SSSR count). The van der Waals surface area contributed by atoms with Crippen LogP contribution in [0.1, 0.15) is 49.3 Å². The van der Waals surface area contributed by atoms with Crippen LogP contribution in [0, 0.1) is 15.9 Å². The molecule has 0 spiro atoms. The summed E-state index contributed by atoms with van der Waals surface area (Å²) < 4.78 is 13.5. The predicted octanol–water partition coefficient (Wildman–Crippen LogP) is 6.04. The van der Waals surface area contributed by atoms with Gasteiger partial charge in [-0.15, -0.1) is 0 Å². The first kappa shape index (κ1) is 23.4. The van der Waals surface area contributed by atoms with Gasteiger partial charge in [0, 0.05) is 36.2 Å². The number of amides is 1. The Morgan fingerprint density at radius 1 is 1.06 bits per heavy atom. The zero-order valence-electron chi connectivity index (χ0n) is 19.6. The Kier molecular flexibility index (Phi) is 6.10. The second kappa shape index (κ2) is 9.37. The Bertz CT molecular complexity index is 1400. The monoisotopic (exact) mass is 485 g/mol. The Morgan fingerprint density at radius 3 is 2.53 bits per heavy atom. The SMILES string of the molecule is CCC(=O)N1c2ccccc2NC2=C(C(=O)C[C@H](c3ccc(F)cc3)C2)[C@H]1c1cccc([N+](=O)[O-])c1. The van der Waals surface area contributed by atoms with Gasteiger partial charge in [0.1, 0.15) is 5.82 Å². The zero-order chi connectivity index (χ0) is 25.4. The van der Waals surface area contributed by atoms with Gasteiger partial charge in [-0.25, -0.2) is 4.39 Å². The number of ketones is 1. The van der Waals surface area contributed by atoms with Gasteiger partial charge in [0.15, 0.2) is 5.78 Å². The molecular formula is C28H24FN3O4. The Balaban J connectivity index is 1.72. The molecule has 0 radical (unpaired) electrons. The molecule has 182 valence electrons. The number of nitro groups is 1. The molecule has 0 unspecified atom stereocenters. The fourth-order valence-electron chi connectivity index (χ4n) is 5.13. The highest BCUT2D eigenvalue weighted by atomic mass is 19.1. The maximum absolute atomic E-state index is 13.8. The Labute approximate surface area is 207 Å². The van der Waals surface area contributed by atoms with Crippen LogP contribution < -0.4 is 10.2 Å². The van der Waals surface area contributed by atoms with E-state index in [4.69, 9.17) is 0 Å². The van der Waals surface area contributed by atoms with Crippen LogP contribution in [0.3, 0.4) is 0 Å². The highest BCUT2D eigenvalue weighted by Gasteiger charge is 2.41. The molecule has 0 saturated carbocycles. The van der Waals surface area contributed by atoms with E-state index in [9.17, 15) is 24.1 Å². The van der Waals surface area contributed by atoms with E-state index in [-0.39, 0.29) is 42.0 Å². The first-order valence-corrected chi connectivity index (χ1v) is 11.8. The van der Waals surface area contributed by atoms with Crippen LogP contribution >= 0.6 is 0 Å². The minimum Gasteiger partial charge on any atom is -0.357 e. The molecule has 2 aliphatic rings. The van der Waals surface area contributed by atoms with Crippen molar-refractivity contribution >= 4 is 28.8 Å². The number of Topliss-reactive ketones (excluding diaryl/α,β-unsaturated/α-hetero) is 1. The van der Waals surface area contributed by atoms with Crippen LogP contribution in [0.5, 0.6) is 0 Å². The van der Waals surface area contributed by atoms with E-state index in [1.54, 1.807) is 42.2 Å². The quantitative estimate of drug-likeness (QED) is 0.359. The summed E-state index contributed by atoms with van der Waals surface area (Å²) in [6.07, 6.45) is 0.845. The maximum Gasteiger partial charge on any atom is 0.269 e. The number of para-hydroxylation sites is 2. The van der Waals surface area contributed by atoms with Crippen molar-refractivity contribution < 1.29 is 18.9 Å². The number of nitro benzene ring substituents is 1. The molecule has 3 aromatic carbocycles. The highest BCUT2D eigenvalue weighted by molar-refractivity contribution is 6.06. The van der Waals surface area contributed by atoms with E-state index < -0.39 is 11.0 Å². The first-order chi connectivity index (χ1) is 17.4. The number of rotatable bonds is 4. The van der Waals surface area contributed by atoms with E-state index in [2.05, 4.69) is 5.32 Å². The number of nitrogens with one attached hydrogen (secondary N) is 1. The number of non-ortho nitro benzene ring substituents is 1. The molecule has 8 heteroatoms. The van der Waals surface area contributed by atoms with Crippen molar-refractivity contribution in [3.05, 3.63) is 111 Å². The molecule has 7 nitrogen and oxygen atoms in total. The number of anilines is 2. The number of carbonyl (C=O) groups is 2. The van der Waals surface area contributed by atoms with Gasteiger partial charge in [0.05, 0.1) is 22.3 Å². The Morgan fingerprint density at radius 2 is 1.81 bits per heavy atom. The van der Waals surface area contributed by atoms with Gasteiger partial charge in [-0.1, -0.05) is 43.3 Å². The van der Waals surface area contributed by atoms with Crippen LogP contribution in [0.25, 0.3) is 0 Å². The number of hydrogen-bond donors (Lipinski definition) is 1. The van der Waals surface area contributed by atoms with Crippen LogP contribution in [0.4, 0.5) is 21.5 Å². The summed E-state index contributed by atoms with van der Waals surface area (Å²) in [6, 6.07) is 18.7. The lowest BCUT2D eigenvalue weighted by Gasteiger charge is -2.35. The largest absolute Gasteiger partial charge is 0.357 e. The van der Waals surface area contributed by atoms with Crippen molar-refractivity contribution in [1.29, 1.82) is 0 Å². The summed E-state index contributed by atoms with van der Waals surface area (Å²) in [7, 11) is 0. The predicted molar refractivity (Wildman–Crippen MR) is 134 cm³/mol.